The Bertz CT molecular complexity index is 804. The smallest absolute Gasteiger partial charge is 0.183 e. The Balaban J connectivity index is 1.61. The van der Waals surface area contributed by atoms with Crippen molar-refractivity contribution in [1.82, 2.24) is 15.3 Å². The van der Waals surface area contributed by atoms with Crippen molar-refractivity contribution in [2.24, 2.45) is 0 Å². The third-order valence-corrected chi connectivity index (χ3v) is 4.90. The second-order valence-electron chi connectivity index (χ2n) is 6.62. The molecule has 4 rings (SSSR count). The third-order valence-electron chi connectivity index (χ3n) is 4.90. The first kappa shape index (κ1) is 15.9. The van der Waals surface area contributed by atoms with Gasteiger partial charge in [-0.25, -0.2) is 9.97 Å². The number of hydrogen-bond donors (Lipinski definition) is 2. The number of benzene rings is 1. The summed E-state index contributed by atoms with van der Waals surface area (Å²) >= 11 is 0. The molecule has 1 saturated heterocycles. The lowest BCUT2D eigenvalue weighted by Crippen LogP contribution is -2.30. The van der Waals surface area contributed by atoms with Gasteiger partial charge in [0.2, 0.25) is 0 Å². The lowest BCUT2D eigenvalue weighted by Gasteiger charge is -2.27. The fourth-order valence-corrected chi connectivity index (χ4v) is 3.52. The quantitative estimate of drug-likeness (QED) is 0.899. The van der Waals surface area contributed by atoms with Crippen LogP contribution in [0.3, 0.4) is 0 Å². The summed E-state index contributed by atoms with van der Waals surface area (Å²) in [6.45, 7) is 3.94. The number of nitriles is 1. The van der Waals surface area contributed by atoms with Gasteiger partial charge in [-0.2, -0.15) is 5.26 Å². The van der Waals surface area contributed by atoms with Gasteiger partial charge in [0.15, 0.2) is 11.5 Å². The predicted octanol–water partition coefficient (Wildman–Crippen LogP) is 2.73. The monoisotopic (exact) mass is 334 g/mol. The summed E-state index contributed by atoms with van der Waals surface area (Å²) in [5, 5.41) is 16.1. The summed E-state index contributed by atoms with van der Waals surface area (Å²) in [6, 6.07) is 8.48. The molecule has 2 aliphatic heterocycles. The number of rotatable bonds is 3. The van der Waals surface area contributed by atoms with E-state index in [0.29, 0.717) is 11.5 Å². The number of nitrogens with zero attached hydrogens (tertiary/aromatic N) is 4. The van der Waals surface area contributed by atoms with Crippen molar-refractivity contribution in [1.29, 1.82) is 5.26 Å². The molecule has 128 valence electrons. The molecule has 0 atom stereocenters. The predicted molar refractivity (Wildman–Crippen MR) is 97.9 cm³/mol. The third kappa shape index (κ3) is 3.42. The highest BCUT2D eigenvalue weighted by Crippen LogP contribution is 2.25. The van der Waals surface area contributed by atoms with Gasteiger partial charge in [0, 0.05) is 25.3 Å². The Morgan fingerprint density at radius 2 is 2.04 bits per heavy atom. The number of fused-ring (bicyclic) bond motifs is 1. The first-order valence-electron chi connectivity index (χ1n) is 8.95. The zero-order chi connectivity index (χ0) is 17.1. The number of nitrogens with one attached hydrogen (secondary N) is 2. The van der Waals surface area contributed by atoms with Crippen LogP contribution in [-0.4, -0.2) is 29.6 Å². The van der Waals surface area contributed by atoms with Gasteiger partial charge in [0.25, 0.3) is 0 Å². The van der Waals surface area contributed by atoms with Gasteiger partial charge < -0.3 is 15.5 Å². The van der Waals surface area contributed by atoms with E-state index in [1.807, 2.05) is 6.07 Å². The van der Waals surface area contributed by atoms with Gasteiger partial charge in [0.05, 0.1) is 6.20 Å². The Labute approximate surface area is 147 Å². The Hall–Kier alpha value is -2.65. The van der Waals surface area contributed by atoms with Crippen molar-refractivity contribution >= 4 is 17.3 Å². The molecule has 6 heteroatoms. The van der Waals surface area contributed by atoms with Gasteiger partial charge in [-0.05, 0) is 55.5 Å². The van der Waals surface area contributed by atoms with Gasteiger partial charge in [-0.15, -0.1) is 0 Å². The molecule has 1 aromatic heterocycles. The zero-order valence-electron chi connectivity index (χ0n) is 14.3. The highest BCUT2D eigenvalue weighted by atomic mass is 15.2. The molecule has 1 fully saturated rings. The molecule has 0 radical (unpaired) electrons. The van der Waals surface area contributed by atoms with E-state index in [2.05, 4.69) is 38.7 Å². The fraction of sp³-hybridized carbons (Fsp3) is 0.421. The van der Waals surface area contributed by atoms with Crippen LogP contribution in [0.4, 0.5) is 17.3 Å². The van der Waals surface area contributed by atoms with E-state index in [-0.39, 0.29) is 0 Å². The average molecular weight is 334 g/mol. The van der Waals surface area contributed by atoms with Crippen LogP contribution in [0.5, 0.6) is 0 Å². The summed E-state index contributed by atoms with van der Waals surface area (Å²) in [4.78, 5) is 11.3. The molecule has 1 aromatic carbocycles. The van der Waals surface area contributed by atoms with Crippen molar-refractivity contribution in [2.45, 2.75) is 32.2 Å². The molecule has 0 aliphatic carbocycles. The van der Waals surface area contributed by atoms with E-state index in [9.17, 15) is 5.26 Å². The molecule has 2 aromatic rings. The molecule has 0 unspecified atom stereocenters. The van der Waals surface area contributed by atoms with Crippen LogP contribution >= 0.6 is 0 Å². The lowest BCUT2D eigenvalue weighted by molar-refractivity contribution is 0.573. The minimum Gasteiger partial charge on any atom is -0.355 e. The molecule has 25 heavy (non-hydrogen) atoms. The van der Waals surface area contributed by atoms with E-state index in [1.165, 1.54) is 30.4 Å². The van der Waals surface area contributed by atoms with Crippen LogP contribution in [0.15, 0.2) is 24.4 Å². The molecule has 3 heterocycles. The molecule has 2 aliphatic rings. The molecular formula is C19H22N6. The number of hydrogen-bond acceptors (Lipinski definition) is 6. The highest BCUT2D eigenvalue weighted by Gasteiger charge is 2.16. The van der Waals surface area contributed by atoms with E-state index in [1.54, 1.807) is 6.20 Å². The summed E-state index contributed by atoms with van der Waals surface area (Å²) in [7, 11) is 0. The van der Waals surface area contributed by atoms with Crippen LogP contribution in [0.25, 0.3) is 0 Å². The molecule has 6 nitrogen and oxygen atoms in total. The van der Waals surface area contributed by atoms with E-state index >= 15 is 0 Å². The summed E-state index contributed by atoms with van der Waals surface area (Å²) < 4.78 is 0. The average Bonchev–Trinajstić information content (AvgIpc) is 2.68. The minimum atomic E-state index is 0.333. The van der Waals surface area contributed by atoms with Gasteiger partial charge >= 0.3 is 0 Å². The summed E-state index contributed by atoms with van der Waals surface area (Å²) in [6.07, 6.45) is 6.38. The summed E-state index contributed by atoms with van der Waals surface area (Å²) in [5.41, 5.74) is 3.98. The Morgan fingerprint density at radius 3 is 2.88 bits per heavy atom. The van der Waals surface area contributed by atoms with Crippen LogP contribution in [-0.2, 0) is 13.0 Å². The van der Waals surface area contributed by atoms with Crippen molar-refractivity contribution in [3.05, 3.63) is 41.2 Å². The van der Waals surface area contributed by atoms with Crippen LogP contribution in [0.1, 0.15) is 36.1 Å². The molecule has 2 N–H and O–H groups in total. The molecule has 0 spiro atoms. The van der Waals surface area contributed by atoms with Crippen LogP contribution in [0, 0.1) is 11.3 Å². The summed E-state index contributed by atoms with van der Waals surface area (Å²) in [5.74, 6) is 1.39. The van der Waals surface area contributed by atoms with Crippen molar-refractivity contribution in [2.75, 3.05) is 29.9 Å². The Morgan fingerprint density at radius 1 is 1.16 bits per heavy atom. The number of piperidine rings is 1. The van der Waals surface area contributed by atoms with E-state index in [0.717, 1.165) is 44.1 Å². The molecular weight excluding hydrogens is 312 g/mol. The second kappa shape index (κ2) is 7.08. The van der Waals surface area contributed by atoms with Crippen molar-refractivity contribution in [3.63, 3.8) is 0 Å². The van der Waals surface area contributed by atoms with Crippen LogP contribution < -0.4 is 15.5 Å². The van der Waals surface area contributed by atoms with Gasteiger partial charge in [0.1, 0.15) is 11.9 Å². The zero-order valence-corrected chi connectivity index (χ0v) is 14.3. The molecule has 0 saturated carbocycles. The Kier molecular flexibility index (Phi) is 4.49. The SMILES string of the molecule is N#Cc1ncc(N2CCCCC2)nc1Nc1ccc2c(c1)CCNC2. The van der Waals surface area contributed by atoms with E-state index in [4.69, 9.17) is 4.98 Å². The second-order valence-corrected chi connectivity index (χ2v) is 6.62. The minimum absolute atomic E-state index is 0.333. The molecule has 0 amide bonds. The maximum absolute atomic E-state index is 9.38. The molecule has 0 bridgehead atoms. The number of anilines is 3. The largest absolute Gasteiger partial charge is 0.355 e. The van der Waals surface area contributed by atoms with Crippen molar-refractivity contribution in [3.8, 4) is 6.07 Å². The first-order valence-corrected chi connectivity index (χ1v) is 8.95. The topological polar surface area (TPSA) is 76.9 Å². The van der Waals surface area contributed by atoms with Crippen molar-refractivity contribution < 1.29 is 0 Å². The maximum atomic E-state index is 9.38. The van der Waals surface area contributed by atoms with Gasteiger partial charge in [-0.3, -0.25) is 0 Å². The van der Waals surface area contributed by atoms with E-state index < -0.39 is 0 Å². The standard InChI is InChI=1S/C19H22N6/c20-11-17-19(24-18(13-22-17)25-8-2-1-3-9-25)23-16-5-4-15-12-21-7-6-14(15)10-16/h4-5,10,13,21H,1-3,6-9,12H2,(H,23,24). The normalized spacial score (nSPS) is 16.8. The maximum Gasteiger partial charge on any atom is 0.183 e. The number of aromatic nitrogens is 2. The first-order chi connectivity index (χ1) is 12.3. The van der Waals surface area contributed by atoms with Gasteiger partial charge in [-0.1, -0.05) is 6.07 Å². The fourth-order valence-electron chi connectivity index (χ4n) is 3.52. The lowest BCUT2D eigenvalue weighted by atomic mass is 10.0. The highest BCUT2D eigenvalue weighted by molar-refractivity contribution is 5.64. The van der Waals surface area contributed by atoms with Crippen LogP contribution in [0.2, 0.25) is 0 Å².